The quantitative estimate of drug-likeness (QED) is 0.636. The van der Waals surface area contributed by atoms with Crippen molar-refractivity contribution in [3.63, 3.8) is 0 Å². The molecule has 0 radical (unpaired) electrons. The highest BCUT2D eigenvalue weighted by atomic mass is 15.2. The number of hydrogen-bond donors (Lipinski definition) is 0. The Labute approximate surface area is 91.7 Å². The SMILES string of the molecule is CC(C)N1CCC(CC#N)N(C#N)CC1. The normalized spacial score (nSPS) is 23.3. The molecule has 1 aliphatic rings. The Morgan fingerprint density at radius 3 is 2.53 bits per heavy atom. The first kappa shape index (κ1) is 11.8. The maximum Gasteiger partial charge on any atom is 0.179 e. The Bertz CT molecular complexity index is 273. The lowest BCUT2D eigenvalue weighted by molar-refractivity contribution is 0.231. The van der Waals surface area contributed by atoms with Gasteiger partial charge in [0.2, 0.25) is 0 Å². The van der Waals surface area contributed by atoms with Gasteiger partial charge in [0.1, 0.15) is 0 Å². The van der Waals surface area contributed by atoms with Gasteiger partial charge in [-0.3, -0.25) is 4.90 Å². The van der Waals surface area contributed by atoms with Crippen molar-refractivity contribution in [3.8, 4) is 12.3 Å². The van der Waals surface area contributed by atoms with E-state index in [-0.39, 0.29) is 6.04 Å². The van der Waals surface area contributed by atoms with Crippen molar-refractivity contribution in [2.75, 3.05) is 19.6 Å². The van der Waals surface area contributed by atoms with E-state index in [9.17, 15) is 0 Å². The van der Waals surface area contributed by atoms with E-state index in [2.05, 4.69) is 31.0 Å². The van der Waals surface area contributed by atoms with Gasteiger partial charge >= 0.3 is 0 Å². The highest BCUT2D eigenvalue weighted by molar-refractivity contribution is 4.92. The molecule has 1 aliphatic heterocycles. The van der Waals surface area contributed by atoms with Crippen molar-refractivity contribution in [2.24, 2.45) is 0 Å². The number of nitrogens with zero attached hydrogens (tertiary/aromatic N) is 4. The van der Waals surface area contributed by atoms with Crippen LogP contribution in [0.3, 0.4) is 0 Å². The van der Waals surface area contributed by atoms with Crippen LogP contribution in [-0.4, -0.2) is 41.5 Å². The summed E-state index contributed by atoms with van der Waals surface area (Å²) in [5, 5.41) is 17.7. The van der Waals surface area contributed by atoms with Gasteiger partial charge in [0.15, 0.2) is 6.19 Å². The molecule has 1 heterocycles. The molecule has 1 unspecified atom stereocenters. The van der Waals surface area contributed by atoms with Gasteiger partial charge in [-0.25, -0.2) is 0 Å². The van der Waals surface area contributed by atoms with E-state index < -0.39 is 0 Å². The van der Waals surface area contributed by atoms with Crippen molar-refractivity contribution in [1.82, 2.24) is 9.80 Å². The van der Waals surface area contributed by atoms with E-state index in [1.165, 1.54) is 0 Å². The summed E-state index contributed by atoms with van der Waals surface area (Å²) in [6.07, 6.45) is 3.57. The summed E-state index contributed by atoms with van der Waals surface area (Å²) >= 11 is 0. The molecular formula is C11H18N4. The zero-order valence-corrected chi connectivity index (χ0v) is 9.48. The highest BCUT2D eigenvalue weighted by Crippen LogP contribution is 2.14. The zero-order chi connectivity index (χ0) is 11.3. The minimum absolute atomic E-state index is 0.115. The van der Waals surface area contributed by atoms with E-state index >= 15 is 0 Å². The molecule has 0 aromatic carbocycles. The van der Waals surface area contributed by atoms with Crippen LogP contribution in [0.15, 0.2) is 0 Å². The van der Waals surface area contributed by atoms with Crippen LogP contribution >= 0.6 is 0 Å². The van der Waals surface area contributed by atoms with Crippen molar-refractivity contribution >= 4 is 0 Å². The van der Waals surface area contributed by atoms with E-state index in [0.29, 0.717) is 12.5 Å². The summed E-state index contributed by atoms with van der Waals surface area (Å²) in [4.78, 5) is 4.12. The third-order valence-electron chi connectivity index (χ3n) is 3.00. The summed E-state index contributed by atoms with van der Waals surface area (Å²) in [5.74, 6) is 0. The lowest BCUT2D eigenvalue weighted by Gasteiger charge is -2.23. The molecule has 1 rings (SSSR count). The van der Waals surface area contributed by atoms with Crippen LogP contribution in [0.5, 0.6) is 0 Å². The van der Waals surface area contributed by atoms with Gasteiger partial charge in [-0.05, 0) is 20.3 Å². The van der Waals surface area contributed by atoms with Crippen LogP contribution < -0.4 is 0 Å². The molecule has 0 saturated carbocycles. The highest BCUT2D eigenvalue weighted by Gasteiger charge is 2.23. The Morgan fingerprint density at radius 2 is 2.00 bits per heavy atom. The van der Waals surface area contributed by atoms with E-state index in [0.717, 1.165) is 26.1 Å². The lowest BCUT2D eigenvalue weighted by Crippen LogP contribution is -2.34. The summed E-state index contributed by atoms with van der Waals surface area (Å²) in [5.41, 5.74) is 0. The molecule has 4 nitrogen and oxygen atoms in total. The summed E-state index contributed by atoms with van der Waals surface area (Å²) < 4.78 is 0. The van der Waals surface area contributed by atoms with Gasteiger partial charge in [-0.15, -0.1) is 0 Å². The maximum atomic E-state index is 8.99. The van der Waals surface area contributed by atoms with E-state index in [1.807, 2.05) is 0 Å². The fourth-order valence-electron chi connectivity index (χ4n) is 1.97. The Kier molecular flexibility index (Phi) is 4.39. The molecule has 0 amide bonds. The number of rotatable bonds is 2. The molecule has 0 aliphatic carbocycles. The maximum absolute atomic E-state index is 8.99. The average Bonchev–Trinajstić information content (AvgIpc) is 2.41. The molecule has 0 bridgehead atoms. The minimum atomic E-state index is 0.115. The van der Waals surface area contributed by atoms with Gasteiger partial charge in [-0.2, -0.15) is 10.5 Å². The largest absolute Gasteiger partial charge is 0.305 e. The van der Waals surface area contributed by atoms with Gasteiger partial charge in [0.25, 0.3) is 0 Å². The molecule has 82 valence electrons. The molecule has 0 spiro atoms. The Balaban J connectivity index is 2.61. The standard InChI is InChI=1S/C11H18N4/c1-10(2)14-6-4-11(3-5-12)15(9-13)8-7-14/h10-11H,3-4,6-8H2,1-2H3. The average molecular weight is 206 g/mol. The van der Waals surface area contributed by atoms with Crippen molar-refractivity contribution in [2.45, 2.75) is 38.8 Å². The van der Waals surface area contributed by atoms with Crippen molar-refractivity contribution in [1.29, 1.82) is 10.5 Å². The van der Waals surface area contributed by atoms with Gasteiger partial charge in [0.05, 0.1) is 18.5 Å². The molecule has 1 saturated heterocycles. The Hall–Kier alpha value is -1.26. The fraction of sp³-hybridized carbons (Fsp3) is 0.818. The molecule has 1 atom stereocenters. The fourth-order valence-corrected chi connectivity index (χ4v) is 1.97. The second kappa shape index (κ2) is 5.58. The monoisotopic (exact) mass is 206 g/mol. The van der Waals surface area contributed by atoms with Crippen LogP contribution in [0.2, 0.25) is 0 Å². The van der Waals surface area contributed by atoms with E-state index in [4.69, 9.17) is 10.5 Å². The molecule has 0 aromatic rings. The van der Waals surface area contributed by atoms with Gasteiger partial charge < -0.3 is 4.90 Å². The van der Waals surface area contributed by atoms with Crippen LogP contribution in [0.1, 0.15) is 26.7 Å². The topological polar surface area (TPSA) is 54.1 Å². The molecule has 0 aromatic heterocycles. The summed E-state index contributed by atoms with van der Waals surface area (Å²) in [6.45, 7) is 7.00. The first-order chi connectivity index (χ1) is 7.19. The summed E-state index contributed by atoms with van der Waals surface area (Å²) in [7, 11) is 0. The summed E-state index contributed by atoms with van der Waals surface area (Å²) in [6, 6.07) is 2.80. The smallest absolute Gasteiger partial charge is 0.179 e. The third-order valence-corrected chi connectivity index (χ3v) is 3.00. The first-order valence-corrected chi connectivity index (χ1v) is 5.46. The van der Waals surface area contributed by atoms with Crippen molar-refractivity contribution < 1.29 is 0 Å². The number of hydrogen-bond acceptors (Lipinski definition) is 4. The van der Waals surface area contributed by atoms with Crippen LogP contribution in [-0.2, 0) is 0 Å². The lowest BCUT2D eigenvalue weighted by atomic mass is 10.1. The molecule has 4 heteroatoms. The van der Waals surface area contributed by atoms with Crippen molar-refractivity contribution in [3.05, 3.63) is 0 Å². The molecule has 1 fully saturated rings. The minimum Gasteiger partial charge on any atom is -0.305 e. The van der Waals surface area contributed by atoms with Gasteiger partial charge in [-0.1, -0.05) is 0 Å². The van der Waals surface area contributed by atoms with E-state index in [1.54, 1.807) is 4.90 Å². The third kappa shape index (κ3) is 3.11. The molecular weight excluding hydrogens is 188 g/mol. The van der Waals surface area contributed by atoms with Crippen LogP contribution in [0.25, 0.3) is 0 Å². The van der Waals surface area contributed by atoms with Crippen LogP contribution in [0, 0.1) is 22.8 Å². The second-order valence-electron chi connectivity index (χ2n) is 4.23. The zero-order valence-electron chi connectivity index (χ0n) is 9.48. The number of nitriles is 2. The predicted octanol–water partition coefficient (Wildman–Crippen LogP) is 1.17. The molecule has 15 heavy (non-hydrogen) atoms. The van der Waals surface area contributed by atoms with Gasteiger partial charge in [0, 0.05) is 25.7 Å². The first-order valence-electron chi connectivity index (χ1n) is 5.46. The predicted molar refractivity (Wildman–Crippen MR) is 57.7 cm³/mol. The van der Waals surface area contributed by atoms with Crippen LogP contribution in [0.4, 0.5) is 0 Å². The Morgan fingerprint density at radius 1 is 1.27 bits per heavy atom. The molecule has 0 N–H and O–H groups in total. The second-order valence-corrected chi connectivity index (χ2v) is 4.23.